The molecule has 3 aromatic rings. The number of phenolic OH excluding ortho intramolecular Hbond substituents is 1. The van der Waals surface area contributed by atoms with Crippen molar-refractivity contribution in [2.75, 3.05) is 19.6 Å². The molecule has 0 radical (unpaired) electrons. The number of likely N-dealkylation sites (tertiary alicyclic amines) is 1. The van der Waals surface area contributed by atoms with Gasteiger partial charge in [-0.05, 0) is 86.7 Å². The maximum absolute atomic E-state index is 13.4. The van der Waals surface area contributed by atoms with Crippen LogP contribution >= 0.6 is 0 Å². The van der Waals surface area contributed by atoms with Crippen LogP contribution in [0.25, 0.3) is 11.1 Å². The Bertz CT molecular complexity index is 1560. The summed E-state index contributed by atoms with van der Waals surface area (Å²) in [6.45, 7) is 6.04. The van der Waals surface area contributed by atoms with Crippen LogP contribution in [-0.4, -0.2) is 64.4 Å². The monoisotopic (exact) mass is 594 g/mol. The number of nitrogens with one attached hydrogen (secondary N) is 1. The number of carbonyl (C=O) groups excluding carboxylic acids is 3. The number of nitrogens with zero attached hydrogens (tertiary/aromatic N) is 1. The van der Waals surface area contributed by atoms with E-state index in [0.29, 0.717) is 49.3 Å². The van der Waals surface area contributed by atoms with Crippen molar-refractivity contribution >= 4 is 18.0 Å². The molecular weight excluding hydrogens is 552 g/mol. The van der Waals surface area contributed by atoms with E-state index in [1.165, 1.54) is 12.8 Å². The number of aldehydes is 1. The molecule has 3 fully saturated rings. The number of carbonyl (C=O) groups is 3. The normalized spacial score (nSPS) is 25.3. The molecule has 1 saturated heterocycles. The molecule has 1 aliphatic heterocycles. The van der Waals surface area contributed by atoms with Crippen molar-refractivity contribution in [3.8, 4) is 16.9 Å². The number of ketones is 1. The summed E-state index contributed by atoms with van der Waals surface area (Å²) in [6, 6.07) is 18.8. The van der Waals surface area contributed by atoms with Gasteiger partial charge in [0.2, 0.25) is 0 Å². The second kappa shape index (κ2) is 11.9. The first-order chi connectivity index (χ1) is 21.1. The summed E-state index contributed by atoms with van der Waals surface area (Å²) in [4.78, 5) is 39.7. The number of Topliss-reactive ketones (excluding diaryl/α,β-unsaturated/α-hetero) is 1. The van der Waals surface area contributed by atoms with Crippen LogP contribution in [0.5, 0.6) is 5.75 Å². The third-order valence-corrected chi connectivity index (χ3v) is 10.5. The highest BCUT2D eigenvalue weighted by molar-refractivity contribution is 5.98. The van der Waals surface area contributed by atoms with Gasteiger partial charge in [-0.3, -0.25) is 19.3 Å². The van der Waals surface area contributed by atoms with Gasteiger partial charge in [0.05, 0.1) is 11.2 Å². The molecule has 2 aliphatic carbocycles. The lowest BCUT2D eigenvalue weighted by Gasteiger charge is -2.60. The summed E-state index contributed by atoms with van der Waals surface area (Å²) in [7, 11) is 0. The van der Waals surface area contributed by atoms with Crippen LogP contribution in [-0.2, 0) is 16.6 Å². The maximum atomic E-state index is 13.4. The molecule has 3 atom stereocenters. The van der Waals surface area contributed by atoms with Crippen molar-refractivity contribution in [1.82, 2.24) is 10.2 Å². The smallest absolute Gasteiger partial charge is 0.255 e. The minimum absolute atomic E-state index is 0.0927. The second-order valence-electron chi connectivity index (χ2n) is 13.2. The minimum Gasteiger partial charge on any atom is -0.507 e. The van der Waals surface area contributed by atoms with Gasteiger partial charge in [-0.15, -0.1) is 0 Å². The molecule has 2 saturated carbocycles. The topological polar surface area (TPSA) is 107 Å². The van der Waals surface area contributed by atoms with Crippen molar-refractivity contribution in [2.45, 2.75) is 75.9 Å². The van der Waals surface area contributed by atoms with Gasteiger partial charge in [0.1, 0.15) is 17.8 Å². The molecule has 0 aromatic heterocycles. The first-order valence-electron chi connectivity index (χ1n) is 15.9. The van der Waals surface area contributed by atoms with Crippen LogP contribution in [0.4, 0.5) is 0 Å². The van der Waals surface area contributed by atoms with Gasteiger partial charge in [0, 0.05) is 48.5 Å². The summed E-state index contributed by atoms with van der Waals surface area (Å²) < 4.78 is 0. The van der Waals surface area contributed by atoms with Gasteiger partial charge in [-0.25, -0.2) is 0 Å². The SMILES string of the molecule is Cc1ccc(C(=O)NCCc2ccc(-c3ccc(C=O)cc3)cc2)c(O)c1C12CCN(CC3CC3)C(C)C1(O)CCC(=O)C2. The van der Waals surface area contributed by atoms with Crippen molar-refractivity contribution in [3.63, 3.8) is 0 Å². The number of rotatable bonds is 9. The molecule has 7 heteroatoms. The quantitative estimate of drug-likeness (QED) is 0.287. The number of hydrogen-bond donors (Lipinski definition) is 3. The molecule has 1 heterocycles. The number of benzene rings is 3. The average Bonchev–Trinajstić information content (AvgIpc) is 3.85. The number of hydrogen-bond acceptors (Lipinski definition) is 6. The zero-order valence-corrected chi connectivity index (χ0v) is 25.6. The minimum atomic E-state index is -1.19. The lowest BCUT2D eigenvalue weighted by atomic mass is 9.52. The number of piperidine rings is 1. The Balaban J connectivity index is 1.19. The zero-order chi connectivity index (χ0) is 31.1. The Morgan fingerprint density at radius 3 is 2.36 bits per heavy atom. The molecular formula is C37H42N2O5. The number of fused-ring (bicyclic) bond motifs is 1. The molecule has 0 spiro atoms. The predicted octanol–water partition coefficient (Wildman–Crippen LogP) is 5.38. The third kappa shape index (κ3) is 5.48. The summed E-state index contributed by atoms with van der Waals surface area (Å²) >= 11 is 0. The van der Waals surface area contributed by atoms with Gasteiger partial charge < -0.3 is 15.5 Å². The number of amides is 1. The van der Waals surface area contributed by atoms with Gasteiger partial charge in [0.15, 0.2) is 0 Å². The van der Waals surface area contributed by atoms with E-state index in [4.69, 9.17) is 0 Å². The molecule has 3 unspecified atom stereocenters. The van der Waals surface area contributed by atoms with Crippen molar-refractivity contribution in [2.24, 2.45) is 5.92 Å². The highest BCUT2D eigenvalue weighted by Gasteiger charge is 2.62. The van der Waals surface area contributed by atoms with Crippen LogP contribution < -0.4 is 5.32 Å². The summed E-state index contributed by atoms with van der Waals surface area (Å²) in [5.74, 6) is 0.274. The van der Waals surface area contributed by atoms with Gasteiger partial charge in [0.25, 0.3) is 5.91 Å². The molecule has 3 N–H and O–H groups in total. The van der Waals surface area contributed by atoms with Gasteiger partial charge in [-0.1, -0.05) is 54.6 Å². The highest BCUT2D eigenvalue weighted by atomic mass is 16.3. The van der Waals surface area contributed by atoms with Crippen LogP contribution in [0.2, 0.25) is 0 Å². The van der Waals surface area contributed by atoms with E-state index in [0.717, 1.165) is 41.6 Å². The van der Waals surface area contributed by atoms with E-state index in [1.807, 2.05) is 49.4 Å². The Kier molecular flexibility index (Phi) is 8.20. The fourth-order valence-electron chi connectivity index (χ4n) is 7.72. The number of aromatic hydroxyl groups is 1. The Morgan fingerprint density at radius 1 is 1.02 bits per heavy atom. The molecule has 44 heavy (non-hydrogen) atoms. The summed E-state index contributed by atoms with van der Waals surface area (Å²) in [5, 5.41) is 27.1. The van der Waals surface area contributed by atoms with Gasteiger partial charge in [-0.2, -0.15) is 0 Å². The summed E-state index contributed by atoms with van der Waals surface area (Å²) in [5.41, 5.74) is 3.14. The van der Waals surface area contributed by atoms with E-state index < -0.39 is 11.0 Å². The van der Waals surface area contributed by atoms with Gasteiger partial charge >= 0.3 is 0 Å². The number of phenols is 1. The largest absolute Gasteiger partial charge is 0.507 e. The second-order valence-corrected chi connectivity index (χ2v) is 13.2. The summed E-state index contributed by atoms with van der Waals surface area (Å²) in [6.07, 6.45) is 5.30. The third-order valence-electron chi connectivity index (χ3n) is 10.5. The lowest BCUT2D eigenvalue weighted by Crippen LogP contribution is -2.70. The van der Waals surface area contributed by atoms with E-state index in [-0.39, 0.29) is 35.5 Å². The molecule has 3 aliphatic rings. The van der Waals surface area contributed by atoms with Crippen LogP contribution in [0.1, 0.15) is 82.9 Å². The molecule has 6 rings (SSSR count). The van der Waals surface area contributed by atoms with E-state index in [2.05, 4.69) is 17.1 Å². The molecule has 230 valence electrons. The fourth-order valence-corrected chi connectivity index (χ4v) is 7.72. The Labute approximate surface area is 259 Å². The average molecular weight is 595 g/mol. The van der Waals surface area contributed by atoms with Crippen LogP contribution in [0.15, 0.2) is 60.7 Å². The molecule has 7 nitrogen and oxygen atoms in total. The first kappa shape index (κ1) is 30.2. The fraction of sp³-hybridized carbons (Fsp3) is 0.432. The van der Waals surface area contributed by atoms with E-state index in [9.17, 15) is 24.6 Å². The zero-order valence-electron chi connectivity index (χ0n) is 25.6. The molecule has 3 aromatic carbocycles. The first-order valence-corrected chi connectivity index (χ1v) is 15.9. The lowest BCUT2D eigenvalue weighted by molar-refractivity contribution is -0.165. The molecule has 1 amide bonds. The number of aryl methyl sites for hydroxylation is 1. The Hall–Kier alpha value is -3.81. The predicted molar refractivity (Wildman–Crippen MR) is 170 cm³/mol. The van der Waals surface area contributed by atoms with E-state index >= 15 is 0 Å². The maximum Gasteiger partial charge on any atom is 0.255 e. The number of aliphatic hydroxyl groups is 1. The van der Waals surface area contributed by atoms with Crippen LogP contribution in [0.3, 0.4) is 0 Å². The standard InChI is InChI=1S/C37H42N2O5/c1-24-3-14-32(35(43)38-19-16-26-6-10-29(11-7-26)30-12-8-28(23-40)9-13-30)34(42)33(24)36-18-20-39(22-27-4-5-27)25(2)37(36,44)17-15-31(41)21-36/h3,6-14,23,25,27,42,44H,4-5,15-22H2,1-2H3,(H,38,43). The van der Waals surface area contributed by atoms with Crippen molar-refractivity contribution < 1.29 is 24.6 Å². The van der Waals surface area contributed by atoms with Crippen molar-refractivity contribution in [1.29, 1.82) is 0 Å². The van der Waals surface area contributed by atoms with Crippen molar-refractivity contribution in [3.05, 3.63) is 88.5 Å². The highest BCUT2D eigenvalue weighted by Crippen LogP contribution is 2.56. The molecule has 0 bridgehead atoms. The Morgan fingerprint density at radius 2 is 1.70 bits per heavy atom. The van der Waals surface area contributed by atoms with Crippen LogP contribution in [0, 0.1) is 12.8 Å². The van der Waals surface area contributed by atoms with E-state index in [1.54, 1.807) is 18.2 Å².